The first-order valence-corrected chi connectivity index (χ1v) is 13.3. The van der Waals surface area contributed by atoms with Crippen molar-refractivity contribution in [3.8, 4) is 11.1 Å². The molecule has 206 valence electrons. The Balaban J connectivity index is 1.31. The van der Waals surface area contributed by atoms with Crippen LogP contribution in [0.5, 0.6) is 0 Å². The number of esters is 1. The highest BCUT2D eigenvalue weighted by Crippen LogP contribution is 2.44. The molecule has 2 bridgehead atoms. The summed E-state index contributed by atoms with van der Waals surface area (Å²) in [5, 5.41) is 0. The Morgan fingerprint density at radius 2 is 1.85 bits per heavy atom. The number of likely N-dealkylation sites (tertiary alicyclic amines) is 1. The number of ether oxygens (including phenoxy) is 2. The second-order valence-corrected chi connectivity index (χ2v) is 11.8. The van der Waals surface area contributed by atoms with E-state index in [-0.39, 0.29) is 42.8 Å². The lowest BCUT2D eigenvalue weighted by molar-refractivity contribution is -0.131. The van der Waals surface area contributed by atoms with Gasteiger partial charge >= 0.3 is 12.1 Å². The minimum Gasteiger partial charge on any atom is -0.457 e. The number of rotatable bonds is 7. The third kappa shape index (κ3) is 5.40. The Morgan fingerprint density at radius 3 is 2.54 bits per heavy atom. The summed E-state index contributed by atoms with van der Waals surface area (Å²) in [5.74, 6) is -2.80. The summed E-state index contributed by atoms with van der Waals surface area (Å²) in [6.45, 7) is 5.55. The Labute approximate surface area is 226 Å². The quantitative estimate of drug-likeness (QED) is 0.519. The first-order chi connectivity index (χ1) is 18.4. The SMILES string of the molecule is CC(C)(C)OC(=O)N1[C@@H]2CC[C@@H](C2)[C@H]1C(=O)C[C@@H](Cc1ccc(-c2ccc3c(c2)C(=O)OC3)cc1F)C(N)=O. The molecule has 2 aromatic carbocycles. The molecule has 8 nitrogen and oxygen atoms in total. The van der Waals surface area contributed by atoms with Gasteiger partial charge in [0.15, 0.2) is 5.78 Å². The third-order valence-electron chi connectivity index (χ3n) is 7.91. The van der Waals surface area contributed by atoms with E-state index in [2.05, 4.69) is 0 Å². The summed E-state index contributed by atoms with van der Waals surface area (Å²) in [4.78, 5) is 52.2. The van der Waals surface area contributed by atoms with Crippen LogP contribution in [0.4, 0.5) is 9.18 Å². The van der Waals surface area contributed by atoms with Crippen molar-refractivity contribution in [1.29, 1.82) is 0 Å². The standard InChI is InChI=1S/C30H33FN2O6/c1-30(2,3)39-29(37)33-22-9-8-19(11-22)26(33)25(34)14-21(27(32)35)10-18-6-4-17(13-24(18)31)16-5-7-20-15-38-28(36)23(20)12-16/h4-7,12-13,19,21-22,26H,8-11,14-15H2,1-3H3,(H2,32,35)/t19-,21+,22+,26-/m0/s1. The first-order valence-electron chi connectivity index (χ1n) is 13.3. The predicted octanol–water partition coefficient (Wildman–Crippen LogP) is 4.55. The number of hydrogen-bond acceptors (Lipinski definition) is 6. The number of Topliss-reactive ketones (excluding diaryl/α,β-unsaturated/α-hetero) is 1. The second kappa shape index (κ2) is 10.1. The van der Waals surface area contributed by atoms with Gasteiger partial charge in [-0.05, 0) is 81.2 Å². The van der Waals surface area contributed by atoms with E-state index in [1.807, 2.05) is 0 Å². The van der Waals surface area contributed by atoms with Crippen LogP contribution in [0.2, 0.25) is 0 Å². The topological polar surface area (TPSA) is 116 Å². The summed E-state index contributed by atoms with van der Waals surface area (Å²) in [5.41, 5.74) is 7.70. The van der Waals surface area contributed by atoms with E-state index in [4.69, 9.17) is 15.2 Å². The Hall–Kier alpha value is -3.75. The molecular formula is C30H33FN2O6. The van der Waals surface area contributed by atoms with Crippen molar-refractivity contribution in [2.75, 3.05) is 0 Å². The smallest absolute Gasteiger partial charge is 0.411 e. The number of primary amides is 1. The highest BCUT2D eigenvalue weighted by molar-refractivity contribution is 5.95. The fourth-order valence-electron chi connectivity index (χ4n) is 6.07. The van der Waals surface area contributed by atoms with Crippen molar-refractivity contribution < 1.29 is 33.0 Å². The molecule has 0 aromatic heterocycles. The average molecular weight is 537 g/mol. The van der Waals surface area contributed by atoms with Gasteiger partial charge in [0.05, 0.1) is 11.6 Å². The molecule has 2 aromatic rings. The summed E-state index contributed by atoms with van der Waals surface area (Å²) >= 11 is 0. The number of carbonyl (C=O) groups excluding carboxylic acids is 4. The highest BCUT2D eigenvalue weighted by atomic mass is 19.1. The van der Waals surface area contributed by atoms with Gasteiger partial charge in [0.1, 0.15) is 18.0 Å². The molecule has 1 saturated carbocycles. The van der Waals surface area contributed by atoms with Gasteiger partial charge in [-0.2, -0.15) is 0 Å². The number of halogens is 1. The molecule has 2 aliphatic heterocycles. The number of hydrogen-bond donors (Lipinski definition) is 1. The summed E-state index contributed by atoms with van der Waals surface area (Å²) in [7, 11) is 0. The number of benzene rings is 2. The van der Waals surface area contributed by atoms with E-state index in [9.17, 15) is 19.2 Å². The van der Waals surface area contributed by atoms with E-state index < -0.39 is 41.3 Å². The van der Waals surface area contributed by atoms with Gasteiger partial charge in [-0.1, -0.05) is 24.3 Å². The molecule has 0 radical (unpaired) electrons. The van der Waals surface area contributed by atoms with E-state index in [0.717, 1.165) is 24.8 Å². The molecule has 2 N–H and O–H groups in total. The van der Waals surface area contributed by atoms with Gasteiger partial charge in [-0.3, -0.25) is 14.5 Å². The minimum absolute atomic E-state index is 0.0177. The van der Waals surface area contributed by atoms with Crippen molar-refractivity contribution in [2.24, 2.45) is 17.6 Å². The van der Waals surface area contributed by atoms with E-state index >= 15 is 4.39 Å². The first kappa shape index (κ1) is 26.8. The molecule has 9 heteroatoms. The monoisotopic (exact) mass is 536 g/mol. The second-order valence-electron chi connectivity index (χ2n) is 11.8. The lowest BCUT2D eigenvalue weighted by Gasteiger charge is -2.36. The van der Waals surface area contributed by atoms with Crippen LogP contribution in [0.25, 0.3) is 11.1 Å². The fourth-order valence-corrected chi connectivity index (χ4v) is 6.07. The molecule has 39 heavy (non-hydrogen) atoms. The molecule has 5 rings (SSSR count). The molecule has 1 saturated heterocycles. The molecule has 4 atom stereocenters. The largest absolute Gasteiger partial charge is 0.457 e. The van der Waals surface area contributed by atoms with E-state index in [0.29, 0.717) is 16.7 Å². The number of cyclic esters (lactones) is 1. The molecular weight excluding hydrogens is 503 g/mol. The number of piperidine rings is 1. The Morgan fingerprint density at radius 1 is 1.13 bits per heavy atom. The number of nitrogens with two attached hydrogens (primary N) is 1. The van der Waals surface area contributed by atoms with Gasteiger partial charge in [-0.15, -0.1) is 0 Å². The zero-order valence-corrected chi connectivity index (χ0v) is 22.4. The lowest BCUT2D eigenvalue weighted by Crippen LogP contribution is -2.51. The van der Waals surface area contributed by atoms with Crippen LogP contribution in [-0.4, -0.2) is 46.3 Å². The maximum Gasteiger partial charge on any atom is 0.411 e. The molecule has 2 amide bonds. The van der Waals surface area contributed by atoms with Crippen LogP contribution < -0.4 is 5.73 Å². The molecule has 2 heterocycles. The van der Waals surface area contributed by atoms with Crippen LogP contribution in [0, 0.1) is 17.7 Å². The van der Waals surface area contributed by atoms with Crippen molar-refractivity contribution in [1.82, 2.24) is 4.90 Å². The van der Waals surface area contributed by atoms with Gasteiger partial charge in [0.2, 0.25) is 5.91 Å². The van der Waals surface area contributed by atoms with Crippen LogP contribution >= 0.6 is 0 Å². The van der Waals surface area contributed by atoms with Gasteiger partial charge < -0.3 is 15.2 Å². The number of nitrogens with zero attached hydrogens (tertiary/aromatic N) is 1. The number of fused-ring (bicyclic) bond motifs is 3. The zero-order chi connectivity index (χ0) is 28.1. The number of ketones is 1. The van der Waals surface area contributed by atoms with Gasteiger partial charge in [0, 0.05) is 23.9 Å². The van der Waals surface area contributed by atoms with Crippen LogP contribution in [-0.2, 0) is 32.1 Å². The lowest BCUT2D eigenvalue weighted by atomic mass is 9.86. The van der Waals surface area contributed by atoms with Crippen LogP contribution in [0.15, 0.2) is 36.4 Å². The molecule has 3 aliphatic rings. The van der Waals surface area contributed by atoms with Crippen molar-refractivity contribution in [2.45, 2.75) is 77.2 Å². The maximum atomic E-state index is 15.2. The van der Waals surface area contributed by atoms with Crippen molar-refractivity contribution in [3.63, 3.8) is 0 Å². The maximum absolute atomic E-state index is 15.2. The zero-order valence-electron chi connectivity index (χ0n) is 22.4. The summed E-state index contributed by atoms with van der Waals surface area (Å²) < 4.78 is 25.8. The Kier molecular flexibility index (Phi) is 6.95. The highest BCUT2D eigenvalue weighted by Gasteiger charge is 2.52. The van der Waals surface area contributed by atoms with E-state index in [1.54, 1.807) is 56.0 Å². The molecule has 0 spiro atoms. The number of carbonyl (C=O) groups is 4. The average Bonchev–Trinajstić information content (AvgIpc) is 3.58. The normalized spacial score (nSPS) is 22.4. The van der Waals surface area contributed by atoms with Gasteiger partial charge in [-0.25, -0.2) is 14.0 Å². The van der Waals surface area contributed by atoms with Crippen LogP contribution in [0.1, 0.15) is 67.9 Å². The summed E-state index contributed by atoms with van der Waals surface area (Å²) in [6.07, 6.45) is 1.62. The Bertz CT molecular complexity index is 1350. The van der Waals surface area contributed by atoms with Gasteiger partial charge in [0.25, 0.3) is 0 Å². The van der Waals surface area contributed by atoms with Crippen molar-refractivity contribution >= 4 is 23.8 Å². The number of amides is 2. The molecule has 1 aliphatic carbocycles. The minimum atomic E-state index is -0.924. The van der Waals surface area contributed by atoms with E-state index in [1.165, 1.54) is 6.07 Å². The molecule has 0 unspecified atom stereocenters. The van der Waals surface area contributed by atoms with Crippen LogP contribution in [0.3, 0.4) is 0 Å². The molecule has 2 fully saturated rings. The summed E-state index contributed by atoms with van der Waals surface area (Å²) in [6, 6.07) is 9.16. The fraction of sp³-hybridized carbons (Fsp3) is 0.467. The van der Waals surface area contributed by atoms with Crippen molar-refractivity contribution in [3.05, 3.63) is 58.9 Å². The third-order valence-corrected chi connectivity index (χ3v) is 7.91. The predicted molar refractivity (Wildman–Crippen MR) is 140 cm³/mol.